The number of benzene rings is 1. The Morgan fingerprint density at radius 1 is 1.38 bits per heavy atom. The van der Waals surface area contributed by atoms with E-state index in [-0.39, 0.29) is 12.7 Å². The molecule has 24 heavy (non-hydrogen) atoms. The molecule has 0 fully saturated rings. The van der Waals surface area contributed by atoms with Crippen LogP contribution in [0.3, 0.4) is 0 Å². The second-order valence-corrected chi connectivity index (χ2v) is 6.80. The van der Waals surface area contributed by atoms with E-state index in [1.54, 1.807) is 11.8 Å². The quantitative estimate of drug-likeness (QED) is 0.574. The molecule has 2 N–H and O–H groups in total. The lowest BCUT2D eigenvalue weighted by molar-refractivity contribution is -0.142. The van der Waals surface area contributed by atoms with Gasteiger partial charge in [0, 0.05) is 5.75 Å². The molecule has 0 bridgehead atoms. The number of carbonyl (C=O) groups excluding carboxylic acids is 1. The van der Waals surface area contributed by atoms with Crippen LogP contribution in [0.15, 0.2) is 18.2 Å². The molecular weight excluding hydrogens is 350 g/mol. The number of nitrogens with one attached hydrogen (secondary N) is 1. The molecule has 0 saturated heterocycles. The number of rotatable bonds is 9. The van der Waals surface area contributed by atoms with Gasteiger partial charge in [-0.1, -0.05) is 6.07 Å². The highest BCUT2D eigenvalue weighted by atomic mass is 32.2. The largest absolute Gasteiger partial charge is 0.480 e. The summed E-state index contributed by atoms with van der Waals surface area (Å²) in [5, 5.41) is 11.8. The molecule has 2 atom stereocenters. The number of hydrogen-bond donors (Lipinski definition) is 3. The molecule has 0 aliphatic carbocycles. The molecule has 1 amide bonds. The first kappa shape index (κ1) is 18.8. The van der Waals surface area contributed by atoms with Crippen molar-refractivity contribution in [2.75, 3.05) is 24.6 Å². The highest BCUT2D eigenvalue weighted by Crippen LogP contribution is 2.33. The molecule has 1 aliphatic rings. The number of hydrogen-bond acceptors (Lipinski definition) is 6. The first-order chi connectivity index (χ1) is 11.5. The summed E-state index contributed by atoms with van der Waals surface area (Å²) in [4.78, 5) is 23.7. The normalized spacial score (nSPS) is 14.9. The fourth-order valence-corrected chi connectivity index (χ4v) is 3.14. The van der Waals surface area contributed by atoms with Crippen LogP contribution in [-0.2, 0) is 16.0 Å². The maximum Gasteiger partial charge on any atom is 0.326 e. The number of ether oxygens (including phenoxy) is 2. The zero-order valence-electron chi connectivity index (χ0n) is 13.4. The van der Waals surface area contributed by atoms with Crippen molar-refractivity contribution in [2.24, 2.45) is 5.92 Å². The standard InChI is InChI=1S/C16H21NO5S2/c1-24-5-4-12(16(19)20)17-15(18)11(8-23)6-10-2-3-13-14(7-10)22-9-21-13/h2-3,7,11-12,23H,4-6,8-9H2,1H3,(H,17,18)(H,19,20)/t11-,12+/m1/s1. The zero-order chi connectivity index (χ0) is 17.5. The van der Waals surface area contributed by atoms with E-state index in [4.69, 9.17) is 9.47 Å². The van der Waals surface area contributed by atoms with Crippen LogP contribution in [0, 0.1) is 5.92 Å². The van der Waals surface area contributed by atoms with Gasteiger partial charge < -0.3 is 19.9 Å². The van der Waals surface area contributed by atoms with Crippen LogP contribution < -0.4 is 14.8 Å². The molecule has 2 rings (SSSR count). The fourth-order valence-electron chi connectivity index (χ4n) is 2.38. The van der Waals surface area contributed by atoms with Crippen LogP contribution in [0.1, 0.15) is 12.0 Å². The third-order valence-corrected chi connectivity index (χ3v) is 4.82. The summed E-state index contributed by atoms with van der Waals surface area (Å²) in [6.07, 6.45) is 2.75. The van der Waals surface area contributed by atoms with E-state index in [9.17, 15) is 14.7 Å². The van der Waals surface area contributed by atoms with Gasteiger partial charge in [-0.3, -0.25) is 4.79 Å². The molecule has 0 saturated carbocycles. The Morgan fingerprint density at radius 3 is 2.79 bits per heavy atom. The van der Waals surface area contributed by atoms with E-state index in [2.05, 4.69) is 17.9 Å². The number of carboxylic acids is 1. The van der Waals surface area contributed by atoms with Gasteiger partial charge in [0.15, 0.2) is 11.5 Å². The maximum absolute atomic E-state index is 12.4. The van der Waals surface area contributed by atoms with E-state index in [0.29, 0.717) is 35.8 Å². The highest BCUT2D eigenvalue weighted by Gasteiger charge is 2.25. The van der Waals surface area contributed by atoms with Crippen molar-refractivity contribution in [3.05, 3.63) is 23.8 Å². The summed E-state index contributed by atoms with van der Waals surface area (Å²) in [6, 6.07) is 4.65. The Balaban J connectivity index is 1.99. The summed E-state index contributed by atoms with van der Waals surface area (Å²) < 4.78 is 10.6. The second kappa shape index (κ2) is 9.08. The highest BCUT2D eigenvalue weighted by molar-refractivity contribution is 7.98. The number of thioether (sulfide) groups is 1. The average molecular weight is 371 g/mol. The number of carbonyl (C=O) groups is 2. The lowest BCUT2D eigenvalue weighted by Crippen LogP contribution is -2.44. The molecular formula is C16H21NO5S2. The number of carboxylic acid groups (broad SMARTS) is 1. The van der Waals surface area contributed by atoms with Gasteiger partial charge >= 0.3 is 5.97 Å². The predicted octanol–water partition coefficient (Wildman–Crippen LogP) is 1.83. The molecule has 132 valence electrons. The van der Waals surface area contributed by atoms with Gasteiger partial charge in [-0.15, -0.1) is 0 Å². The smallest absolute Gasteiger partial charge is 0.326 e. The minimum absolute atomic E-state index is 0.199. The first-order valence-corrected chi connectivity index (χ1v) is 9.59. The second-order valence-electron chi connectivity index (χ2n) is 5.45. The van der Waals surface area contributed by atoms with Crippen LogP contribution in [0.25, 0.3) is 0 Å². The van der Waals surface area contributed by atoms with E-state index in [1.807, 2.05) is 24.5 Å². The molecule has 1 heterocycles. The third-order valence-electron chi connectivity index (χ3n) is 3.74. The summed E-state index contributed by atoms with van der Waals surface area (Å²) in [5.74, 6) is 0.627. The summed E-state index contributed by atoms with van der Waals surface area (Å²) in [6.45, 7) is 0.199. The molecule has 0 unspecified atom stereocenters. The molecule has 6 nitrogen and oxygen atoms in total. The SMILES string of the molecule is CSCC[C@H](NC(=O)[C@@H](CS)Cc1ccc2c(c1)OCO2)C(=O)O. The Kier molecular flexibility index (Phi) is 7.11. The number of thiol groups is 1. The minimum Gasteiger partial charge on any atom is -0.480 e. The van der Waals surface area contributed by atoms with Gasteiger partial charge in [-0.25, -0.2) is 4.79 Å². The van der Waals surface area contributed by atoms with Crippen LogP contribution >= 0.6 is 24.4 Å². The summed E-state index contributed by atoms with van der Waals surface area (Å²) >= 11 is 5.79. The van der Waals surface area contributed by atoms with Gasteiger partial charge in [-0.05, 0) is 42.5 Å². The van der Waals surface area contributed by atoms with Crippen molar-refractivity contribution in [3.63, 3.8) is 0 Å². The topological polar surface area (TPSA) is 84.9 Å². The van der Waals surface area contributed by atoms with E-state index < -0.39 is 17.9 Å². The minimum atomic E-state index is -1.02. The van der Waals surface area contributed by atoms with Gasteiger partial charge in [0.1, 0.15) is 6.04 Å². The van der Waals surface area contributed by atoms with E-state index in [0.717, 1.165) is 5.56 Å². The van der Waals surface area contributed by atoms with Gasteiger partial charge in [-0.2, -0.15) is 24.4 Å². The number of aliphatic carboxylic acids is 1. The number of fused-ring (bicyclic) bond motifs is 1. The molecule has 1 aromatic rings. The Labute approximate surface area is 150 Å². The van der Waals surface area contributed by atoms with Crippen molar-refractivity contribution in [3.8, 4) is 11.5 Å². The lowest BCUT2D eigenvalue weighted by Gasteiger charge is -2.19. The zero-order valence-corrected chi connectivity index (χ0v) is 15.1. The van der Waals surface area contributed by atoms with Crippen molar-refractivity contribution in [2.45, 2.75) is 18.9 Å². The summed E-state index contributed by atoms with van der Waals surface area (Å²) in [7, 11) is 0. The van der Waals surface area contributed by atoms with Crippen molar-refractivity contribution < 1.29 is 24.2 Å². The Morgan fingerprint density at radius 2 is 2.12 bits per heavy atom. The van der Waals surface area contributed by atoms with Crippen molar-refractivity contribution in [1.82, 2.24) is 5.32 Å². The van der Waals surface area contributed by atoms with Gasteiger partial charge in [0.2, 0.25) is 12.7 Å². The fraction of sp³-hybridized carbons (Fsp3) is 0.500. The Hall–Kier alpha value is -1.54. The third kappa shape index (κ3) is 4.98. The molecule has 0 aromatic heterocycles. The van der Waals surface area contributed by atoms with Crippen molar-refractivity contribution in [1.29, 1.82) is 0 Å². The van der Waals surface area contributed by atoms with Crippen LogP contribution in [0.2, 0.25) is 0 Å². The average Bonchev–Trinajstić information content (AvgIpc) is 3.03. The van der Waals surface area contributed by atoms with Crippen LogP contribution in [0.4, 0.5) is 0 Å². The van der Waals surface area contributed by atoms with Crippen LogP contribution in [-0.4, -0.2) is 47.6 Å². The van der Waals surface area contributed by atoms with Crippen molar-refractivity contribution >= 4 is 36.3 Å². The van der Waals surface area contributed by atoms with Crippen LogP contribution in [0.5, 0.6) is 11.5 Å². The molecule has 1 aromatic carbocycles. The van der Waals surface area contributed by atoms with Gasteiger partial charge in [0.25, 0.3) is 0 Å². The summed E-state index contributed by atoms with van der Waals surface area (Å²) in [5.41, 5.74) is 0.921. The monoisotopic (exact) mass is 371 g/mol. The Bertz CT molecular complexity index is 596. The predicted molar refractivity (Wildman–Crippen MR) is 96.2 cm³/mol. The lowest BCUT2D eigenvalue weighted by atomic mass is 9.99. The molecule has 8 heteroatoms. The number of amides is 1. The molecule has 0 radical (unpaired) electrons. The molecule has 1 aliphatic heterocycles. The maximum atomic E-state index is 12.4. The van der Waals surface area contributed by atoms with E-state index in [1.165, 1.54) is 0 Å². The first-order valence-electron chi connectivity index (χ1n) is 7.56. The van der Waals surface area contributed by atoms with Gasteiger partial charge in [0.05, 0.1) is 5.92 Å². The van der Waals surface area contributed by atoms with E-state index >= 15 is 0 Å². The molecule has 0 spiro atoms.